The molecule has 0 spiro atoms. The van der Waals surface area contributed by atoms with E-state index in [1.165, 1.54) is 62.5 Å². The number of aliphatic hydroxyl groups excluding tert-OH is 4. The van der Waals surface area contributed by atoms with Crippen LogP contribution in [0.4, 0.5) is 0 Å². The van der Waals surface area contributed by atoms with E-state index in [9.17, 15) is 33.4 Å². The third-order valence-electron chi connectivity index (χ3n) is 27.1. The largest absolute Gasteiger partial charge is 0.413 e. The summed E-state index contributed by atoms with van der Waals surface area (Å²) in [6.07, 6.45) is 25.9. The molecule has 0 heterocycles. The summed E-state index contributed by atoms with van der Waals surface area (Å²) < 4.78 is 71.7. The lowest BCUT2D eigenvalue weighted by molar-refractivity contribution is 0.0855. The molecule has 4 aromatic carbocycles. The van der Waals surface area contributed by atoms with Crippen molar-refractivity contribution in [2.45, 2.75) is 267 Å². The summed E-state index contributed by atoms with van der Waals surface area (Å²) in [6.45, 7) is 45.1. The Bertz CT molecular complexity index is 3970. The monoisotopic (exact) mass is 1620 g/mol. The average Bonchev–Trinajstić information content (AvgIpc) is 1.63. The molecule has 18 heteroatoms. The molecule has 0 bridgehead atoms. The molecule has 7 aliphatic rings. The van der Waals surface area contributed by atoms with Crippen LogP contribution in [0.25, 0.3) is 0 Å². The van der Waals surface area contributed by atoms with E-state index < -0.39 is 67.7 Å². The van der Waals surface area contributed by atoms with Crippen LogP contribution in [0.15, 0.2) is 226 Å². The molecule has 2 unspecified atom stereocenters. The second kappa shape index (κ2) is 38.1. The zero-order valence-electron chi connectivity index (χ0n) is 68.4. The van der Waals surface area contributed by atoms with Crippen molar-refractivity contribution in [3.8, 4) is 0 Å². The Morgan fingerprint density at radius 2 is 0.908 bits per heavy atom. The van der Waals surface area contributed by atoms with Crippen LogP contribution in [0.5, 0.6) is 0 Å². The van der Waals surface area contributed by atoms with Crippen LogP contribution >= 0.6 is 34.1 Å². The molecule has 0 amide bonds. The van der Waals surface area contributed by atoms with E-state index in [2.05, 4.69) is 146 Å². The normalized spacial score (nSPS) is 30.5. The molecule has 0 aromatic heterocycles. The van der Waals surface area contributed by atoms with Crippen LogP contribution in [0.3, 0.4) is 0 Å². The van der Waals surface area contributed by atoms with E-state index in [4.69, 9.17) is 18.4 Å². The molecule has 7 fully saturated rings. The number of benzene rings is 4. The van der Waals surface area contributed by atoms with Gasteiger partial charge in [0, 0.05) is 57.3 Å². The molecular formula is C91H137N2O9PS4Si2. The van der Waals surface area contributed by atoms with Crippen molar-refractivity contribution in [2.24, 2.45) is 46.3 Å². The lowest BCUT2D eigenvalue weighted by Crippen LogP contribution is -2.49. The van der Waals surface area contributed by atoms with E-state index in [0.29, 0.717) is 88.6 Å². The Balaban J connectivity index is 0.000000226. The Labute approximate surface area is 675 Å². The standard InChI is InChI=1S/C33H51O3PSi2.2C29H41NO3S.2H2S/c1-26-27(22-23-37(34,29-18-14-12-15-19-29)30-20-16-13-17-21-30)24-28(35-38(8,9)32(2,3)4)25-31(26)36-39(10,11)33(5,6)7;2*1-20(15-17-34(30,33)25-9-5-4-6-10-25)26-13-14-27-22(8-7-16-29(26,27)3)11-12-23-18-24(31)19-28(32)21(23)2;;/h12-22,28,31H,1,23-25H2,2-11H3;2*4-6,9-12,20,24,26-28,30-32H,2,7-8,13-19H2,1,3H3;2*1H2/b27-22-;2*22-11+,23-12-;;/t28-,31+;20-,24+,26-,27+,28-,29-,34?;20-,24-,26-,27+,28+,29-,34?;;/m111../s1. The second-order valence-corrected chi connectivity index (χ2v) is 53.2. The predicted octanol–water partition coefficient (Wildman–Crippen LogP) is 21.8. The number of hydrogen-bond donors (Lipinski definition) is 6. The van der Waals surface area contributed by atoms with Gasteiger partial charge >= 0.3 is 0 Å². The molecule has 4 aromatic rings. The van der Waals surface area contributed by atoms with Crippen molar-refractivity contribution < 1.29 is 42.3 Å². The van der Waals surface area contributed by atoms with E-state index >= 15 is 0 Å². The van der Waals surface area contributed by atoms with Crippen LogP contribution in [-0.4, -0.2) is 99.8 Å². The molecule has 6 N–H and O–H groups in total. The molecular weight excluding hydrogens is 1480 g/mol. The van der Waals surface area contributed by atoms with Crippen molar-refractivity contribution in [2.75, 3.05) is 17.7 Å². The average molecular weight is 1620 g/mol. The molecule has 11 nitrogen and oxygen atoms in total. The van der Waals surface area contributed by atoms with Gasteiger partial charge in [0.2, 0.25) is 0 Å². The highest BCUT2D eigenvalue weighted by atomic mass is 32.2. The Kier molecular flexibility index (Phi) is 32.1. The van der Waals surface area contributed by atoms with Gasteiger partial charge in [-0.25, -0.2) is 18.0 Å². The molecule has 16 atom stereocenters. The van der Waals surface area contributed by atoms with Gasteiger partial charge in [0.25, 0.3) is 0 Å². The number of hydrogen-bond acceptors (Lipinski definition) is 11. The summed E-state index contributed by atoms with van der Waals surface area (Å²) in [5.41, 5.74) is 9.06. The van der Waals surface area contributed by atoms with Crippen LogP contribution in [0, 0.1) is 55.9 Å². The molecule has 7 saturated carbocycles. The number of allylic oxidation sites excluding steroid dienone is 7. The number of rotatable bonds is 20. The minimum Gasteiger partial charge on any atom is -0.413 e. The quantitative estimate of drug-likeness (QED) is 0.0368. The third kappa shape index (κ3) is 22.3. The van der Waals surface area contributed by atoms with Crippen LogP contribution < -0.4 is 10.6 Å². The number of fused-ring (bicyclic) bond motifs is 2. The first-order valence-corrected chi connectivity index (χ1v) is 51.2. The zero-order chi connectivity index (χ0) is 78.3. The van der Waals surface area contributed by atoms with Crippen LogP contribution in [0.2, 0.25) is 36.3 Å². The molecule has 602 valence electrons. The summed E-state index contributed by atoms with van der Waals surface area (Å²) in [5.74, 6) is 3.98. The fraction of sp³-hybridized carbons (Fsp3) is 0.560. The maximum absolute atomic E-state index is 14.7. The van der Waals surface area contributed by atoms with Crippen LogP contribution in [0.1, 0.15) is 185 Å². The van der Waals surface area contributed by atoms with Gasteiger partial charge in [0.15, 0.2) is 16.6 Å². The van der Waals surface area contributed by atoms with Gasteiger partial charge in [-0.1, -0.05) is 228 Å². The minimum atomic E-state index is -2.87. The molecule has 11 rings (SSSR count). The Morgan fingerprint density at radius 1 is 0.541 bits per heavy atom. The highest BCUT2D eigenvalue weighted by molar-refractivity contribution is 7.92. The fourth-order valence-electron chi connectivity index (χ4n) is 18.5. The summed E-state index contributed by atoms with van der Waals surface area (Å²) >= 11 is 0. The zero-order valence-corrected chi connectivity index (χ0v) is 75.0. The van der Waals surface area contributed by atoms with Gasteiger partial charge in [0.05, 0.1) is 56.1 Å². The SMILES string of the molecule is C=C1/C(=C\C=C2/CCC[C@]3(C)[C@@H]([C@H](C)CCS(=N)(=O)c4ccccc4)CC[C@@H]23)C[C@@H](O)C[C@@H]1O.C=C1/C(=C\C=C2/CCC[C@]3(C)[C@@H]([C@H](C)CCS(=N)(=O)c4ccccc4)CC[C@@H]23)C[C@H](O)C[C@H]1O.C=C1/C(=C\CP(=O)(c2ccccc2)c2ccccc2)C[C@@H](O[Si](C)(C)C(C)(C)C)C[C@@H]1O[Si](C)(C)C(C)(C)C.S.S. The molecule has 0 saturated heterocycles. The molecule has 109 heavy (non-hydrogen) atoms. The Morgan fingerprint density at radius 3 is 1.28 bits per heavy atom. The lowest BCUT2D eigenvalue weighted by atomic mass is 9.61. The summed E-state index contributed by atoms with van der Waals surface area (Å²) in [4.78, 5) is 1.29. The van der Waals surface area contributed by atoms with Crippen LogP contribution in [-0.2, 0) is 32.9 Å². The van der Waals surface area contributed by atoms with Crippen molar-refractivity contribution in [3.05, 3.63) is 216 Å². The first-order valence-electron chi connectivity index (χ1n) is 40.1. The molecule has 7 aliphatic carbocycles. The summed E-state index contributed by atoms with van der Waals surface area (Å²) in [7, 11) is -12.4. The smallest absolute Gasteiger partial charge is 0.192 e. The number of nitrogens with one attached hydrogen (secondary N) is 2. The van der Waals surface area contributed by atoms with E-state index in [1.807, 2.05) is 121 Å². The van der Waals surface area contributed by atoms with Gasteiger partial charge in [-0.15, -0.1) is 0 Å². The van der Waals surface area contributed by atoms with Gasteiger partial charge in [-0.2, -0.15) is 27.0 Å². The highest BCUT2D eigenvalue weighted by Gasteiger charge is 2.53. The second-order valence-electron chi connectivity index (χ2n) is 36.4. The number of aliphatic hydroxyl groups is 4. The van der Waals surface area contributed by atoms with Crippen molar-refractivity contribution >= 4 is 80.8 Å². The van der Waals surface area contributed by atoms with E-state index in [1.54, 1.807) is 0 Å². The first-order chi connectivity index (χ1) is 50.1. The summed E-state index contributed by atoms with van der Waals surface area (Å²) in [6, 6.07) is 38.4. The Hall–Kier alpha value is -4.18. The van der Waals surface area contributed by atoms with Gasteiger partial charge in [-0.3, -0.25) is 0 Å². The van der Waals surface area contributed by atoms with Gasteiger partial charge < -0.3 is 33.8 Å². The van der Waals surface area contributed by atoms with E-state index in [0.717, 1.165) is 82.6 Å². The summed E-state index contributed by atoms with van der Waals surface area (Å²) in [5, 5.41) is 42.5. The highest BCUT2D eigenvalue weighted by Crippen LogP contribution is 2.62. The van der Waals surface area contributed by atoms with E-state index in [-0.39, 0.29) is 60.1 Å². The fourth-order valence-corrected chi connectivity index (χ4v) is 26.8. The topological polar surface area (TPSA) is 198 Å². The maximum atomic E-state index is 14.7. The maximum Gasteiger partial charge on any atom is 0.192 e. The van der Waals surface area contributed by atoms with Crippen molar-refractivity contribution in [1.82, 2.24) is 0 Å². The van der Waals surface area contributed by atoms with Crippen molar-refractivity contribution in [1.29, 1.82) is 9.56 Å². The lowest BCUT2D eigenvalue weighted by Gasteiger charge is -2.45. The minimum absolute atomic E-state index is 0. The molecule has 0 aliphatic heterocycles. The first kappa shape index (κ1) is 92.0. The predicted molar refractivity (Wildman–Crippen MR) is 474 cm³/mol. The molecule has 0 radical (unpaired) electrons. The van der Waals surface area contributed by atoms with Crippen molar-refractivity contribution in [3.63, 3.8) is 0 Å². The van der Waals surface area contributed by atoms with Gasteiger partial charge in [0.1, 0.15) is 7.14 Å². The van der Waals surface area contributed by atoms with Gasteiger partial charge in [-0.05, 0) is 237 Å². The third-order valence-corrected chi connectivity index (χ3v) is 42.8.